The van der Waals surface area contributed by atoms with Gasteiger partial charge in [-0.3, -0.25) is 0 Å². The van der Waals surface area contributed by atoms with Crippen molar-refractivity contribution >= 4 is 16.5 Å². The second-order valence-corrected chi connectivity index (χ2v) is 6.72. The fourth-order valence-corrected chi connectivity index (χ4v) is 4.23. The van der Waals surface area contributed by atoms with Gasteiger partial charge in [0.1, 0.15) is 0 Å². The van der Waals surface area contributed by atoms with Crippen molar-refractivity contribution in [3.8, 4) is 0 Å². The Morgan fingerprint density at radius 2 is 2.05 bits per heavy atom. The summed E-state index contributed by atoms with van der Waals surface area (Å²) in [6, 6.07) is 0.678. The lowest BCUT2D eigenvalue weighted by Gasteiger charge is -2.33. The van der Waals surface area contributed by atoms with E-state index in [2.05, 4.69) is 24.1 Å². The molecule has 1 heterocycles. The van der Waals surface area contributed by atoms with Gasteiger partial charge in [0.2, 0.25) is 0 Å². The molecule has 0 bridgehead atoms. The smallest absolute Gasteiger partial charge is 0.186 e. The molecular weight excluding hydrogens is 282 g/mol. The number of methoxy groups -OCH3 is 1. The number of hydrogen-bond acceptors (Lipinski definition) is 5. The van der Waals surface area contributed by atoms with Crippen LogP contribution in [-0.2, 0) is 17.9 Å². The first kappa shape index (κ1) is 16.7. The van der Waals surface area contributed by atoms with E-state index >= 15 is 0 Å². The Balaban J connectivity index is 2.15. The number of aromatic nitrogens is 1. The van der Waals surface area contributed by atoms with Crippen LogP contribution in [0.4, 0.5) is 5.13 Å². The predicted octanol–water partition coefficient (Wildman–Crippen LogP) is 3.56. The summed E-state index contributed by atoms with van der Waals surface area (Å²) in [5, 5.41) is 4.59. The molecule has 1 aromatic heterocycles. The van der Waals surface area contributed by atoms with Crippen LogP contribution in [0, 0.1) is 0 Å². The van der Waals surface area contributed by atoms with Gasteiger partial charge < -0.3 is 15.0 Å². The van der Waals surface area contributed by atoms with Crippen molar-refractivity contribution in [3.05, 3.63) is 10.6 Å². The maximum atomic E-state index is 5.32. The Morgan fingerprint density at radius 1 is 1.29 bits per heavy atom. The van der Waals surface area contributed by atoms with Gasteiger partial charge in [-0.15, -0.1) is 11.3 Å². The molecule has 0 radical (unpaired) electrons. The predicted molar refractivity (Wildman–Crippen MR) is 90.1 cm³/mol. The van der Waals surface area contributed by atoms with Gasteiger partial charge >= 0.3 is 0 Å². The quantitative estimate of drug-likeness (QED) is 0.796. The molecule has 0 atom stereocenters. The van der Waals surface area contributed by atoms with Gasteiger partial charge in [0.15, 0.2) is 5.13 Å². The minimum Gasteiger partial charge on any atom is -0.378 e. The molecule has 0 amide bonds. The van der Waals surface area contributed by atoms with E-state index in [1.807, 2.05) is 11.3 Å². The van der Waals surface area contributed by atoms with Crippen molar-refractivity contribution in [1.29, 1.82) is 0 Å². The highest BCUT2D eigenvalue weighted by atomic mass is 32.1. The van der Waals surface area contributed by atoms with Crippen LogP contribution in [0.5, 0.6) is 0 Å². The second-order valence-electron chi connectivity index (χ2n) is 5.66. The van der Waals surface area contributed by atoms with E-state index < -0.39 is 0 Å². The first-order chi connectivity index (χ1) is 10.3. The molecule has 0 saturated heterocycles. The first-order valence-electron chi connectivity index (χ1n) is 8.25. The van der Waals surface area contributed by atoms with Crippen LogP contribution in [0.2, 0.25) is 0 Å². The highest BCUT2D eigenvalue weighted by Gasteiger charge is 2.23. The minimum absolute atomic E-state index is 0.611. The van der Waals surface area contributed by atoms with E-state index in [9.17, 15) is 0 Å². The molecule has 1 aliphatic rings. The molecule has 21 heavy (non-hydrogen) atoms. The third-order valence-electron chi connectivity index (χ3n) is 4.19. The van der Waals surface area contributed by atoms with Gasteiger partial charge in [0.05, 0.1) is 12.3 Å². The summed E-state index contributed by atoms with van der Waals surface area (Å²) in [6.07, 6.45) is 6.75. The molecule has 1 saturated carbocycles. The van der Waals surface area contributed by atoms with Crippen LogP contribution in [-0.4, -0.2) is 31.2 Å². The summed E-state index contributed by atoms with van der Waals surface area (Å²) in [6.45, 7) is 7.92. The van der Waals surface area contributed by atoms with E-state index in [4.69, 9.17) is 9.72 Å². The number of thiazole rings is 1. The summed E-state index contributed by atoms with van der Waals surface area (Å²) in [7, 11) is 1.74. The lowest BCUT2D eigenvalue weighted by Crippen LogP contribution is -2.36. The number of anilines is 1. The number of nitrogens with one attached hydrogen (secondary N) is 1. The zero-order valence-corrected chi connectivity index (χ0v) is 14.5. The third-order valence-corrected chi connectivity index (χ3v) is 5.32. The van der Waals surface area contributed by atoms with Crippen LogP contribution < -0.4 is 10.2 Å². The maximum absolute atomic E-state index is 5.32. The monoisotopic (exact) mass is 311 g/mol. The molecule has 5 heteroatoms. The Morgan fingerprint density at radius 3 is 2.67 bits per heavy atom. The molecule has 0 aromatic carbocycles. The van der Waals surface area contributed by atoms with Crippen LogP contribution in [0.1, 0.15) is 56.5 Å². The van der Waals surface area contributed by atoms with E-state index in [0.29, 0.717) is 12.6 Å². The molecule has 1 fully saturated rings. The van der Waals surface area contributed by atoms with Crippen molar-refractivity contribution in [1.82, 2.24) is 10.3 Å². The van der Waals surface area contributed by atoms with Gasteiger partial charge in [0.25, 0.3) is 0 Å². The summed E-state index contributed by atoms with van der Waals surface area (Å²) in [5.41, 5.74) is 1.10. The molecule has 1 N–H and O–H groups in total. The minimum atomic E-state index is 0.611. The third kappa shape index (κ3) is 4.41. The number of hydrogen-bond donors (Lipinski definition) is 1. The van der Waals surface area contributed by atoms with Crippen molar-refractivity contribution in [3.63, 3.8) is 0 Å². The average molecular weight is 311 g/mol. The molecule has 120 valence electrons. The lowest BCUT2D eigenvalue weighted by atomic mass is 9.94. The molecular formula is C16H29N3OS. The molecule has 4 nitrogen and oxygen atoms in total. The summed E-state index contributed by atoms with van der Waals surface area (Å²) in [5.74, 6) is 0. The number of ether oxygens (including phenoxy) is 1. The van der Waals surface area contributed by atoms with E-state index in [1.54, 1.807) is 7.11 Å². The highest BCUT2D eigenvalue weighted by Crippen LogP contribution is 2.32. The van der Waals surface area contributed by atoms with E-state index in [1.165, 1.54) is 42.1 Å². The second kappa shape index (κ2) is 8.71. The molecule has 0 unspecified atom stereocenters. The summed E-state index contributed by atoms with van der Waals surface area (Å²) < 4.78 is 5.32. The average Bonchev–Trinajstić information content (AvgIpc) is 2.90. The van der Waals surface area contributed by atoms with E-state index in [-0.39, 0.29) is 0 Å². The molecule has 1 aromatic rings. The number of nitrogens with zero attached hydrogens (tertiary/aromatic N) is 2. The molecule has 0 aliphatic heterocycles. The van der Waals surface area contributed by atoms with Gasteiger partial charge in [-0.05, 0) is 26.3 Å². The van der Waals surface area contributed by atoms with Crippen molar-refractivity contribution < 1.29 is 4.74 Å². The van der Waals surface area contributed by atoms with Gasteiger partial charge in [-0.1, -0.05) is 26.2 Å². The Bertz CT molecular complexity index is 416. The SMILES string of the molecule is CCNCc1sc(N(CC)C2CCCCC2)nc1COC. The van der Waals surface area contributed by atoms with Crippen LogP contribution in [0.3, 0.4) is 0 Å². The van der Waals surface area contributed by atoms with Crippen LogP contribution in [0.15, 0.2) is 0 Å². The molecule has 1 aliphatic carbocycles. The normalized spacial score (nSPS) is 16.3. The zero-order valence-electron chi connectivity index (χ0n) is 13.7. The highest BCUT2D eigenvalue weighted by molar-refractivity contribution is 7.15. The topological polar surface area (TPSA) is 37.4 Å². The van der Waals surface area contributed by atoms with Crippen LogP contribution >= 0.6 is 11.3 Å². The van der Waals surface area contributed by atoms with Crippen molar-refractivity contribution in [2.75, 3.05) is 25.1 Å². The van der Waals surface area contributed by atoms with Gasteiger partial charge in [-0.25, -0.2) is 4.98 Å². The summed E-state index contributed by atoms with van der Waals surface area (Å²) in [4.78, 5) is 8.71. The molecule has 2 rings (SSSR count). The van der Waals surface area contributed by atoms with Crippen molar-refractivity contribution in [2.24, 2.45) is 0 Å². The fraction of sp³-hybridized carbons (Fsp3) is 0.812. The fourth-order valence-electron chi connectivity index (χ4n) is 3.06. The van der Waals surface area contributed by atoms with Gasteiger partial charge in [0, 0.05) is 31.1 Å². The van der Waals surface area contributed by atoms with E-state index in [0.717, 1.165) is 25.3 Å². The summed E-state index contributed by atoms with van der Waals surface area (Å²) >= 11 is 1.84. The molecule has 0 spiro atoms. The maximum Gasteiger partial charge on any atom is 0.186 e. The Labute approximate surface area is 132 Å². The van der Waals surface area contributed by atoms with Gasteiger partial charge in [-0.2, -0.15) is 0 Å². The van der Waals surface area contributed by atoms with Crippen LogP contribution in [0.25, 0.3) is 0 Å². The lowest BCUT2D eigenvalue weighted by molar-refractivity contribution is 0.181. The first-order valence-corrected chi connectivity index (χ1v) is 9.06. The Kier molecular flexibility index (Phi) is 6.93. The zero-order chi connectivity index (χ0) is 15.1. The Hall–Kier alpha value is -0.650. The number of rotatable bonds is 8. The standard InChI is InChI=1S/C16H29N3OS/c1-4-17-11-15-14(12-20-3)18-16(21-15)19(5-2)13-9-7-6-8-10-13/h13,17H,4-12H2,1-3H3. The largest absolute Gasteiger partial charge is 0.378 e. The van der Waals surface area contributed by atoms with Crippen molar-refractivity contribution in [2.45, 2.75) is 65.1 Å².